The molecular formula is C26H23F5N4O2S. The highest BCUT2D eigenvalue weighted by atomic mass is 32.2. The minimum Gasteiger partial charge on any atom is -0.310 e. The second kappa shape index (κ2) is 8.55. The Kier molecular flexibility index (Phi) is 5.90. The molecular weight excluding hydrogens is 527 g/mol. The standard InChI is InChI=1S/C26H23F5N4O2S/c1-4-38(36,37)20-11-16(15-5-7-17(8-6-15)24(2)9-10-24)13-32-21(20)23-34-19-12-18(14-33-22(19)35(23)3)25(27,28)26(29,30)31/h5-8,11-14H,4,9-10H2,1-3H3. The minimum absolute atomic E-state index is 0.00314. The van der Waals surface area contributed by atoms with Crippen molar-refractivity contribution >= 4 is 21.0 Å². The molecule has 5 rings (SSSR count). The predicted octanol–water partition coefficient (Wildman–Crippen LogP) is 6.20. The number of hydrogen-bond donors (Lipinski definition) is 0. The molecule has 0 saturated heterocycles. The van der Waals surface area contributed by atoms with Gasteiger partial charge >= 0.3 is 12.1 Å². The molecule has 0 radical (unpaired) electrons. The van der Waals surface area contributed by atoms with E-state index in [1.54, 1.807) is 0 Å². The zero-order valence-electron chi connectivity index (χ0n) is 20.6. The molecule has 1 aliphatic rings. The Balaban J connectivity index is 1.63. The molecule has 6 nitrogen and oxygen atoms in total. The molecule has 0 N–H and O–H groups in total. The maximum atomic E-state index is 13.9. The first kappa shape index (κ1) is 26.2. The number of imidazole rings is 1. The van der Waals surface area contributed by atoms with Crippen LogP contribution in [0.15, 0.2) is 53.7 Å². The van der Waals surface area contributed by atoms with Crippen LogP contribution in [0.4, 0.5) is 22.0 Å². The summed E-state index contributed by atoms with van der Waals surface area (Å²) < 4.78 is 93.9. The number of aromatic nitrogens is 4. The molecule has 0 spiro atoms. The molecule has 38 heavy (non-hydrogen) atoms. The largest absolute Gasteiger partial charge is 0.458 e. The highest BCUT2D eigenvalue weighted by Gasteiger charge is 2.59. The number of alkyl halides is 5. The van der Waals surface area contributed by atoms with Crippen molar-refractivity contribution in [3.8, 4) is 22.6 Å². The van der Waals surface area contributed by atoms with Gasteiger partial charge in [0.2, 0.25) is 0 Å². The summed E-state index contributed by atoms with van der Waals surface area (Å²) in [6.07, 6.45) is -1.66. The maximum Gasteiger partial charge on any atom is 0.458 e. The molecule has 3 heterocycles. The van der Waals surface area contributed by atoms with E-state index in [1.807, 2.05) is 24.3 Å². The first-order valence-electron chi connectivity index (χ1n) is 11.8. The summed E-state index contributed by atoms with van der Waals surface area (Å²) in [4.78, 5) is 12.2. The Morgan fingerprint density at radius 2 is 1.63 bits per heavy atom. The second-order valence-electron chi connectivity index (χ2n) is 9.75. The third-order valence-electron chi connectivity index (χ3n) is 7.12. The number of sulfone groups is 1. The van der Waals surface area contributed by atoms with Crippen LogP contribution in [0.5, 0.6) is 0 Å². The zero-order chi connectivity index (χ0) is 27.7. The average molecular weight is 551 g/mol. The monoisotopic (exact) mass is 550 g/mol. The molecule has 1 aromatic carbocycles. The van der Waals surface area contributed by atoms with Gasteiger partial charge in [-0.05, 0) is 41.5 Å². The lowest BCUT2D eigenvalue weighted by atomic mass is 9.96. The lowest BCUT2D eigenvalue weighted by Gasteiger charge is -2.19. The molecule has 0 atom stereocenters. The minimum atomic E-state index is -5.81. The van der Waals surface area contributed by atoms with E-state index in [-0.39, 0.29) is 38.7 Å². The quantitative estimate of drug-likeness (QED) is 0.267. The number of nitrogens with zero attached hydrogens (tertiary/aromatic N) is 4. The summed E-state index contributed by atoms with van der Waals surface area (Å²) in [5.74, 6) is -5.41. The van der Waals surface area contributed by atoms with Crippen LogP contribution in [0.2, 0.25) is 0 Å². The highest BCUT2D eigenvalue weighted by molar-refractivity contribution is 7.91. The van der Waals surface area contributed by atoms with Gasteiger partial charge in [0.15, 0.2) is 21.3 Å². The maximum absolute atomic E-state index is 13.9. The molecule has 0 aliphatic heterocycles. The smallest absolute Gasteiger partial charge is 0.310 e. The third-order valence-corrected chi connectivity index (χ3v) is 8.86. The first-order valence-corrected chi connectivity index (χ1v) is 13.4. The summed E-state index contributed by atoms with van der Waals surface area (Å²) in [7, 11) is -2.39. The fourth-order valence-corrected chi connectivity index (χ4v) is 5.38. The van der Waals surface area contributed by atoms with Gasteiger partial charge in [0, 0.05) is 25.0 Å². The van der Waals surface area contributed by atoms with Gasteiger partial charge in [-0.1, -0.05) is 38.1 Å². The Labute approximate surface area is 215 Å². The number of hydrogen-bond acceptors (Lipinski definition) is 5. The fourth-order valence-electron chi connectivity index (χ4n) is 4.33. The SMILES string of the molecule is CCS(=O)(=O)c1cc(-c2ccc(C3(C)CC3)cc2)cnc1-c1nc2cc(C(F)(F)C(F)(F)F)cnc2n1C. The third kappa shape index (κ3) is 4.24. The number of benzene rings is 1. The number of halogens is 5. The van der Waals surface area contributed by atoms with Crippen LogP contribution in [0.3, 0.4) is 0 Å². The van der Waals surface area contributed by atoms with Crippen LogP contribution in [0.1, 0.15) is 37.8 Å². The second-order valence-corrected chi connectivity index (χ2v) is 12.0. The van der Waals surface area contributed by atoms with Crippen LogP contribution in [-0.4, -0.2) is 39.9 Å². The van der Waals surface area contributed by atoms with Crippen molar-refractivity contribution in [2.75, 3.05) is 5.75 Å². The van der Waals surface area contributed by atoms with E-state index in [1.165, 1.54) is 36.4 Å². The normalized spacial score (nSPS) is 15.7. The van der Waals surface area contributed by atoms with Crippen molar-refractivity contribution in [3.05, 3.63) is 59.9 Å². The summed E-state index contributed by atoms with van der Waals surface area (Å²) in [6.45, 7) is 3.65. The van der Waals surface area contributed by atoms with E-state index in [4.69, 9.17) is 0 Å². The number of pyridine rings is 2. The van der Waals surface area contributed by atoms with E-state index in [0.29, 0.717) is 17.8 Å². The van der Waals surface area contributed by atoms with Crippen molar-refractivity contribution in [1.82, 2.24) is 19.5 Å². The lowest BCUT2D eigenvalue weighted by Crippen LogP contribution is -2.33. The molecule has 0 unspecified atom stereocenters. The molecule has 1 fully saturated rings. The van der Waals surface area contributed by atoms with Crippen LogP contribution in [0, 0.1) is 0 Å². The summed E-state index contributed by atoms with van der Waals surface area (Å²) >= 11 is 0. The number of aryl methyl sites for hydroxylation is 1. The Bertz CT molecular complexity index is 1660. The van der Waals surface area contributed by atoms with Crippen LogP contribution in [0.25, 0.3) is 33.8 Å². The zero-order valence-corrected chi connectivity index (χ0v) is 21.5. The Morgan fingerprint density at radius 1 is 0.974 bits per heavy atom. The van der Waals surface area contributed by atoms with Crippen LogP contribution >= 0.6 is 0 Å². The number of rotatable bonds is 6. The van der Waals surface area contributed by atoms with E-state index >= 15 is 0 Å². The molecule has 1 aliphatic carbocycles. The molecule has 12 heteroatoms. The molecule has 200 valence electrons. The first-order chi connectivity index (χ1) is 17.7. The summed E-state index contributed by atoms with van der Waals surface area (Å²) in [5, 5.41) is 0. The average Bonchev–Trinajstić information content (AvgIpc) is 3.55. The van der Waals surface area contributed by atoms with Gasteiger partial charge < -0.3 is 4.57 Å². The fraction of sp³-hybridized carbons (Fsp3) is 0.346. The van der Waals surface area contributed by atoms with Gasteiger partial charge in [-0.15, -0.1) is 0 Å². The summed E-state index contributed by atoms with van der Waals surface area (Å²) in [5.41, 5.74) is 1.02. The van der Waals surface area contributed by atoms with E-state index < -0.39 is 27.5 Å². The molecule has 3 aromatic heterocycles. The predicted molar refractivity (Wildman–Crippen MR) is 131 cm³/mol. The Morgan fingerprint density at radius 3 is 2.21 bits per heavy atom. The summed E-state index contributed by atoms with van der Waals surface area (Å²) in [6, 6.07) is 9.90. The van der Waals surface area contributed by atoms with Gasteiger partial charge in [-0.3, -0.25) is 4.98 Å². The highest BCUT2D eigenvalue weighted by Crippen LogP contribution is 2.48. The van der Waals surface area contributed by atoms with Gasteiger partial charge in [-0.2, -0.15) is 22.0 Å². The van der Waals surface area contributed by atoms with Crippen LogP contribution in [-0.2, 0) is 28.2 Å². The number of fused-ring (bicyclic) bond motifs is 1. The molecule has 0 bridgehead atoms. The van der Waals surface area contributed by atoms with E-state index in [9.17, 15) is 30.4 Å². The van der Waals surface area contributed by atoms with Crippen molar-refractivity contribution in [1.29, 1.82) is 0 Å². The molecule has 1 saturated carbocycles. The van der Waals surface area contributed by atoms with E-state index in [2.05, 4.69) is 21.9 Å². The van der Waals surface area contributed by atoms with Gasteiger partial charge in [0.05, 0.1) is 16.2 Å². The van der Waals surface area contributed by atoms with Gasteiger partial charge in [0.1, 0.15) is 11.2 Å². The van der Waals surface area contributed by atoms with Crippen molar-refractivity contribution in [2.24, 2.45) is 7.05 Å². The van der Waals surface area contributed by atoms with Crippen molar-refractivity contribution in [2.45, 2.75) is 49.1 Å². The van der Waals surface area contributed by atoms with Crippen LogP contribution < -0.4 is 0 Å². The van der Waals surface area contributed by atoms with Gasteiger partial charge in [-0.25, -0.2) is 18.4 Å². The van der Waals surface area contributed by atoms with E-state index in [0.717, 1.165) is 18.4 Å². The lowest BCUT2D eigenvalue weighted by molar-refractivity contribution is -0.289. The van der Waals surface area contributed by atoms with Crippen molar-refractivity contribution < 1.29 is 30.4 Å². The molecule has 0 amide bonds. The van der Waals surface area contributed by atoms with Gasteiger partial charge in [0.25, 0.3) is 0 Å². The molecule has 4 aromatic rings. The topological polar surface area (TPSA) is 77.7 Å². The van der Waals surface area contributed by atoms with Crippen molar-refractivity contribution in [3.63, 3.8) is 0 Å². The Hall–Kier alpha value is -3.41.